The minimum Gasteiger partial charge on any atom is -0.465 e. The highest BCUT2D eigenvalue weighted by Gasteiger charge is 2.39. The van der Waals surface area contributed by atoms with Gasteiger partial charge in [-0.2, -0.15) is 13.2 Å². The van der Waals surface area contributed by atoms with Crippen LogP contribution in [0.5, 0.6) is 0 Å². The molecule has 1 heterocycles. The van der Waals surface area contributed by atoms with Crippen molar-refractivity contribution in [1.29, 1.82) is 0 Å². The van der Waals surface area contributed by atoms with E-state index in [0.29, 0.717) is 16.5 Å². The van der Waals surface area contributed by atoms with Gasteiger partial charge in [0.15, 0.2) is 5.82 Å². The Labute approximate surface area is 214 Å². The van der Waals surface area contributed by atoms with Crippen LogP contribution in [0, 0.1) is 5.82 Å². The number of alkyl halides is 3. The van der Waals surface area contributed by atoms with Crippen LogP contribution in [0.15, 0.2) is 48.7 Å². The van der Waals surface area contributed by atoms with Gasteiger partial charge in [0.2, 0.25) is 0 Å². The number of benzene rings is 2. The van der Waals surface area contributed by atoms with E-state index in [1.54, 1.807) is 39.0 Å². The lowest BCUT2D eigenvalue weighted by molar-refractivity contribution is -0.139. The minimum atomic E-state index is -4.69. The van der Waals surface area contributed by atoms with E-state index in [4.69, 9.17) is 23.2 Å². The summed E-state index contributed by atoms with van der Waals surface area (Å²) in [6, 6.07) is 8.05. The number of nitrogens with zero attached hydrogens (tertiary/aromatic N) is 2. The lowest BCUT2D eigenvalue weighted by atomic mass is 9.97. The molecule has 0 saturated heterocycles. The molecule has 36 heavy (non-hydrogen) atoms. The summed E-state index contributed by atoms with van der Waals surface area (Å²) in [6.45, 7) is 4.63. The van der Waals surface area contributed by atoms with Crippen molar-refractivity contribution in [2.75, 3.05) is 6.54 Å². The zero-order valence-electron chi connectivity index (χ0n) is 19.4. The van der Waals surface area contributed by atoms with Gasteiger partial charge in [0, 0.05) is 17.1 Å². The number of amides is 1. The second-order valence-corrected chi connectivity index (χ2v) is 9.93. The Morgan fingerprint density at radius 3 is 2.22 bits per heavy atom. The van der Waals surface area contributed by atoms with E-state index in [1.165, 1.54) is 22.9 Å². The fraction of sp³-hybridized carbons (Fsp3) is 0.280. The van der Waals surface area contributed by atoms with E-state index < -0.39 is 45.5 Å². The number of halogens is 6. The van der Waals surface area contributed by atoms with Crippen LogP contribution in [0.25, 0.3) is 17.0 Å². The lowest BCUT2D eigenvalue weighted by Crippen LogP contribution is -2.48. The maximum absolute atomic E-state index is 13.7. The van der Waals surface area contributed by atoms with Crippen LogP contribution in [-0.2, 0) is 0 Å². The summed E-state index contributed by atoms with van der Waals surface area (Å²) in [5.41, 5.74) is -0.213. The number of rotatable bonds is 5. The molecule has 0 aliphatic heterocycles. The van der Waals surface area contributed by atoms with Crippen LogP contribution in [0.1, 0.15) is 42.6 Å². The normalized spacial score (nSPS) is 13.4. The van der Waals surface area contributed by atoms with Gasteiger partial charge in [0.25, 0.3) is 5.91 Å². The molecule has 0 bridgehead atoms. The van der Waals surface area contributed by atoms with Crippen LogP contribution in [0.3, 0.4) is 0 Å². The van der Waals surface area contributed by atoms with Crippen molar-refractivity contribution in [3.05, 3.63) is 75.7 Å². The molecule has 0 saturated carbocycles. The third-order valence-electron chi connectivity index (χ3n) is 5.52. The number of hydrogen-bond acceptors (Lipinski definition) is 2. The predicted octanol–water partition coefficient (Wildman–Crippen LogP) is 7.87. The lowest BCUT2D eigenvalue weighted by Gasteiger charge is -2.32. The molecule has 0 aliphatic carbocycles. The van der Waals surface area contributed by atoms with Gasteiger partial charge in [0.05, 0.1) is 21.5 Å². The second-order valence-electron chi connectivity index (χ2n) is 9.11. The van der Waals surface area contributed by atoms with Gasteiger partial charge in [-0.3, -0.25) is 14.3 Å². The first-order valence-electron chi connectivity index (χ1n) is 10.6. The van der Waals surface area contributed by atoms with Crippen molar-refractivity contribution in [2.45, 2.75) is 38.4 Å². The number of carbonyl (C=O) groups excluding carboxylic acids is 1. The topological polar surface area (TPSA) is 62.5 Å². The summed E-state index contributed by atoms with van der Waals surface area (Å²) in [5.74, 6) is -3.56. The van der Waals surface area contributed by atoms with Gasteiger partial charge in [-0.1, -0.05) is 41.4 Å². The van der Waals surface area contributed by atoms with Crippen LogP contribution >= 0.6 is 23.2 Å². The van der Waals surface area contributed by atoms with Crippen LogP contribution in [0.4, 0.5) is 22.4 Å². The molecular weight excluding hydrogens is 523 g/mol. The maximum atomic E-state index is 13.7. The second kappa shape index (κ2) is 10.1. The number of carboxylic acid groups (broad SMARTS) is 1. The summed E-state index contributed by atoms with van der Waals surface area (Å²) < 4.78 is 56.2. The molecule has 1 aromatic heterocycles. The summed E-state index contributed by atoms with van der Waals surface area (Å²) >= 11 is 11.4. The number of hydrogen-bond donors (Lipinski definition) is 1. The van der Waals surface area contributed by atoms with Gasteiger partial charge in [0.1, 0.15) is 6.54 Å². The first kappa shape index (κ1) is 27.5. The largest absolute Gasteiger partial charge is 0.465 e. The molecule has 0 aliphatic rings. The molecule has 3 rings (SSSR count). The van der Waals surface area contributed by atoms with Gasteiger partial charge in [-0.15, -0.1) is 0 Å². The van der Waals surface area contributed by atoms with Gasteiger partial charge < -0.3 is 5.11 Å². The quantitative estimate of drug-likeness (QED) is 0.262. The molecule has 1 unspecified atom stereocenters. The zero-order valence-corrected chi connectivity index (χ0v) is 20.9. The SMILES string of the molecule is CC(C)(C)N(CC(=O)n1ccc2cc(C=CC(c3cc(Cl)c(F)c(Cl)c3)C(F)(F)F)ccc21)C(=O)O. The summed E-state index contributed by atoms with van der Waals surface area (Å²) in [6.07, 6.45) is -2.28. The Bertz CT molecular complexity index is 1320. The van der Waals surface area contributed by atoms with E-state index in [2.05, 4.69) is 0 Å². The van der Waals surface area contributed by atoms with E-state index in [-0.39, 0.29) is 12.1 Å². The third kappa shape index (κ3) is 6.02. The van der Waals surface area contributed by atoms with Gasteiger partial charge in [-0.05, 0) is 62.2 Å². The highest BCUT2D eigenvalue weighted by Crippen LogP contribution is 2.39. The number of aromatic nitrogens is 1. The molecule has 0 fully saturated rings. The fourth-order valence-corrected chi connectivity index (χ4v) is 4.16. The number of fused-ring (bicyclic) bond motifs is 1. The van der Waals surface area contributed by atoms with Crippen LogP contribution < -0.4 is 0 Å². The summed E-state index contributed by atoms with van der Waals surface area (Å²) in [4.78, 5) is 25.4. The van der Waals surface area contributed by atoms with Crippen molar-refractivity contribution in [2.24, 2.45) is 0 Å². The molecule has 3 aromatic rings. The van der Waals surface area contributed by atoms with Crippen LogP contribution in [-0.4, -0.2) is 44.8 Å². The predicted molar refractivity (Wildman–Crippen MR) is 131 cm³/mol. The smallest absolute Gasteiger partial charge is 0.408 e. The highest BCUT2D eigenvalue weighted by molar-refractivity contribution is 6.35. The van der Waals surface area contributed by atoms with Crippen molar-refractivity contribution in [3.8, 4) is 0 Å². The standard InChI is InChI=1S/C25H22Cl2F4N2O3/c1-24(2,3)33(23(35)36)13-21(34)32-9-8-15-10-14(5-7-20(15)32)4-6-17(25(29,30)31)16-11-18(26)22(28)19(27)12-16/h4-12,17H,13H2,1-3H3,(H,35,36). The minimum absolute atomic E-state index is 0.310. The molecule has 5 nitrogen and oxygen atoms in total. The summed E-state index contributed by atoms with van der Waals surface area (Å²) in [7, 11) is 0. The first-order valence-corrected chi connectivity index (χ1v) is 11.4. The zero-order chi connectivity index (χ0) is 27.0. The Balaban J connectivity index is 1.90. The highest BCUT2D eigenvalue weighted by atomic mass is 35.5. The monoisotopic (exact) mass is 544 g/mol. The summed E-state index contributed by atoms with van der Waals surface area (Å²) in [5, 5.41) is 8.98. The first-order chi connectivity index (χ1) is 16.6. The molecule has 0 spiro atoms. The molecule has 11 heteroatoms. The third-order valence-corrected chi connectivity index (χ3v) is 6.07. The molecule has 1 amide bonds. The molecule has 2 aromatic carbocycles. The maximum Gasteiger partial charge on any atom is 0.408 e. The van der Waals surface area contributed by atoms with Crippen molar-refractivity contribution in [3.63, 3.8) is 0 Å². The van der Waals surface area contributed by atoms with E-state index in [1.807, 2.05) is 0 Å². The van der Waals surface area contributed by atoms with Crippen molar-refractivity contribution in [1.82, 2.24) is 9.47 Å². The number of carbonyl (C=O) groups is 2. The fourth-order valence-electron chi connectivity index (χ4n) is 3.66. The Kier molecular flexibility index (Phi) is 7.76. The van der Waals surface area contributed by atoms with Crippen molar-refractivity contribution < 1.29 is 32.3 Å². The Morgan fingerprint density at radius 2 is 1.69 bits per heavy atom. The molecule has 1 N–H and O–H groups in total. The average molecular weight is 545 g/mol. The molecule has 0 radical (unpaired) electrons. The van der Waals surface area contributed by atoms with Crippen molar-refractivity contribution >= 4 is 52.2 Å². The molecule has 192 valence electrons. The average Bonchev–Trinajstić information content (AvgIpc) is 3.17. The van der Waals surface area contributed by atoms with E-state index >= 15 is 0 Å². The van der Waals surface area contributed by atoms with Crippen LogP contribution in [0.2, 0.25) is 10.0 Å². The van der Waals surface area contributed by atoms with Gasteiger partial charge in [-0.25, -0.2) is 9.18 Å². The molecule has 1 atom stereocenters. The Hall–Kier alpha value is -3.04. The van der Waals surface area contributed by atoms with E-state index in [9.17, 15) is 32.3 Å². The van der Waals surface area contributed by atoms with E-state index in [0.717, 1.165) is 23.1 Å². The molecular formula is C25H22Cl2F4N2O3. The van der Waals surface area contributed by atoms with Gasteiger partial charge >= 0.3 is 12.3 Å². The Morgan fingerprint density at radius 1 is 1.08 bits per heavy atom. The number of allylic oxidation sites excluding steroid dienone is 1.